The molecule has 126 valence electrons. The van der Waals surface area contributed by atoms with E-state index in [9.17, 15) is 4.79 Å². The number of nitrogens with zero attached hydrogens (tertiary/aromatic N) is 4. The number of fused-ring (bicyclic) bond motifs is 1. The number of aryl methyl sites for hydroxylation is 2. The Morgan fingerprint density at radius 3 is 3.00 bits per heavy atom. The van der Waals surface area contributed by atoms with Gasteiger partial charge in [0.1, 0.15) is 23.1 Å². The molecule has 24 heavy (non-hydrogen) atoms. The van der Waals surface area contributed by atoms with E-state index in [1.54, 1.807) is 23.6 Å². The summed E-state index contributed by atoms with van der Waals surface area (Å²) in [5, 5.41) is 1.08. The average Bonchev–Trinajstić information content (AvgIpc) is 3.18. The predicted molar refractivity (Wildman–Crippen MR) is 89.9 cm³/mol. The lowest BCUT2D eigenvalue weighted by atomic mass is 9.91. The standard InChI is InChI=1S/C17H20N4O2S/c1-10-11(2)24-16(20-10)14-7-12-4-6-21(8-15(12)23-14)17(22)13-3-5-18-9-19-13/h3,5,9,12,14-15H,4,6-8H2,1-2H3/t12-,14+,15+/m0/s1. The summed E-state index contributed by atoms with van der Waals surface area (Å²) in [6.45, 7) is 5.53. The van der Waals surface area contributed by atoms with Crippen molar-refractivity contribution in [3.8, 4) is 0 Å². The minimum Gasteiger partial charge on any atom is -0.366 e. The van der Waals surface area contributed by atoms with E-state index in [-0.39, 0.29) is 18.1 Å². The van der Waals surface area contributed by atoms with E-state index in [0.717, 1.165) is 30.1 Å². The van der Waals surface area contributed by atoms with Gasteiger partial charge in [-0.05, 0) is 38.7 Å². The van der Waals surface area contributed by atoms with Gasteiger partial charge >= 0.3 is 0 Å². The summed E-state index contributed by atoms with van der Waals surface area (Å²) >= 11 is 1.73. The van der Waals surface area contributed by atoms with Gasteiger partial charge < -0.3 is 9.64 Å². The van der Waals surface area contributed by atoms with E-state index >= 15 is 0 Å². The molecular formula is C17H20N4O2S. The summed E-state index contributed by atoms with van der Waals surface area (Å²) in [6.07, 6.45) is 5.16. The van der Waals surface area contributed by atoms with Crippen molar-refractivity contribution >= 4 is 17.2 Å². The summed E-state index contributed by atoms with van der Waals surface area (Å²) in [5.41, 5.74) is 1.54. The Kier molecular flexibility index (Phi) is 4.05. The first-order chi connectivity index (χ1) is 11.6. The molecule has 0 aromatic carbocycles. The number of carbonyl (C=O) groups excluding carboxylic acids is 1. The van der Waals surface area contributed by atoms with Crippen molar-refractivity contribution in [2.24, 2.45) is 5.92 Å². The first-order valence-electron chi connectivity index (χ1n) is 8.26. The number of rotatable bonds is 2. The van der Waals surface area contributed by atoms with Gasteiger partial charge in [0.05, 0.1) is 11.8 Å². The van der Waals surface area contributed by atoms with Crippen molar-refractivity contribution in [2.45, 2.75) is 38.9 Å². The summed E-state index contributed by atoms with van der Waals surface area (Å²) in [7, 11) is 0. The zero-order valence-electron chi connectivity index (χ0n) is 13.8. The quantitative estimate of drug-likeness (QED) is 0.837. The van der Waals surface area contributed by atoms with E-state index in [1.165, 1.54) is 11.2 Å². The Morgan fingerprint density at radius 2 is 2.29 bits per heavy atom. The van der Waals surface area contributed by atoms with Gasteiger partial charge in [-0.25, -0.2) is 15.0 Å². The number of thiazole rings is 1. The highest BCUT2D eigenvalue weighted by molar-refractivity contribution is 7.11. The molecular weight excluding hydrogens is 324 g/mol. The second-order valence-corrected chi connectivity index (χ2v) is 7.72. The van der Waals surface area contributed by atoms with Gasteiger partial charge in [-0.15, -0.1) is 11.3 Å². The minimum absolute atomic E-state index is 0.0381. The van der Waals surface area contributed by atoms with Crippen LogP contribution >= 0.6 is 11.3 Å². The zero-order valence-corrected chi connectivity index (χ0v) is 14.6. The Morgan fingerprint density at radius 1 is 1.42 bits per heavy atom. The number of carbonyl (C=O) groups is 1. The molecule has 7 heteroatoms. The third-order valence-electron chi connectivity index (χ3n) is 4.96. The van der Waals surface area contributed by atoms with Crippen LogP contribution in [0.2, 0.25) is 0 Å². The van der Waals surface area contributed by atoms with Gasteiger partial charge in [0.15, 0.2) is 0 Å². The lowest BCUT2D eigenvalue weighted by Crippen LogP contribution is -2.45. The van der Waals surface area contributed by atoms with Crippen LogP contribution in [0.5, 0.6) is 0 Å². The number of ether oxygens (including phenoxy) is 1. The van der Waals surface area contributed by atoms with Crippen LogP contribution in [0.3, 0.4) is 0 Å². The van der Waals surface area contributed by atoms with Gasteiger partial charge in [-0.1, -0.05) is 0 Å². The fourth-order valence-electron chi connectivity index (χ4n) is 3.49. The highest BCUT2D eigenvalue weighted by atomic mass is 32.1. The van der Waals surface area contributed by atoms with Gasteiger partial charge in [-0.3, -0.25) is 4.79 Å². The number of aromatic nitrogens is 3. The van der Waals surface area contributed by atoms with Crippen LogP contribution in [-0.2, 0) is 4.74 Å². The Balaban J connectivity index is 1.45. The number of hydrogen-bond acceptors (Lipinski definition) is 6. The van der Waals surface area contributed by atoms with Crippen LogP contribution < -0.4 is 0 Å². The Bertz CT molecular complexity index is 729. The molecule has 1 amide bonds. The normalized spacial score (nSPS) is 26.4. The molecule has 0 saturated carbocycles. The molecule has 0 unspecified atom stereocenters. The molecule has 2 aliphatic heterocycles. The van der Waals surface area contributed by atoms with E-state index in [2.05, 4.69) is 21.9 Å². The van der Waals surface area contributed by atoms with Crippen molar-refractivity contribution in [1.29, 1.82) is 0 Å². The van der Waals surface area contributed by atoms with E-state index in [4.69, 9.17) is 4.74 Å². The topological polar surface area (TPSA) is 68.2 Å². The molecule has 4 heterocycles. The molecule has 4 rings (SSSR count). The van der Waals surface area contributed by atoms with Crippen LogP contribution in [0.15, 0.2) is 18.6 Å². The van der Waals surface area contributed by atoms with Gasteiger partial charge in [0.25, 0.3) is 5.91 Å². The number of amides is 1. The molecule has 0 bridgehead atoms. The van der Waals surface area contributed by atoms with E-state index < -0.39 is 0 Å². The van der Waals surface area contributed by atoms with Crippen LogP contribution in [0.1, 0.15) is 45.0 Å². The fourth-order valence-corrected chi connectivity index (χ4v) is 4.46. The van der Waals surface area contributed by atoms with Crippen molar-refractivity contribution < 1.29 is 9.53 Å². The summed E-state index contributed by atoms with van der Waals surface area (Å²) in [5.74, 6) is 0.470. The third kappa shape index (κ3) is 2.82. The Labute approximate surface area is 144 Å². The Hall–Kier alpha value is -1.86. The summed E-state index contributed by atoms with van der Waals surface area (Å²) < 4.78 is 6.26. The molecule has 2 fully saturated rings. The fraction of sp³-hybridized carbons (Fsp3) is 0.529. The van der Waals surface area contributed by atoms with Crippen molar-refractivity contribution in [3.63, 3.8) is 0 Å². The molecule has 3 atom stereocenters. The highest BCUT2D eigenvalue weighted by Crippen LogP contribution is 2.42. The molecule has 2 aromatic rings. The van der Waals surface area contributed by atoms with Crippen molar-refractivity contribution in [2.75, 3.05) is 13.1 Å². The first kappa shape index (κ1) is 15.7. The monoisotopic (exact) mass is 344 g/mol. The van der Waals surface area contributed by atoms with Gasteiger partial charge in [0, 0.05) is 24.2 Å². The van der Waals surface area contributed by atoms with E-state index in [0.29, 0.717) is 18.2 Å². The second kappa shape index (κ2) is 6.22. The van der Waals surface area contributed by atoms with Crippen LogP contribution in [0.25, 0.3) is 0 Å². The molecule has 0 radical (unpaired) electrons. The number of hydrogen-bond donors (Lipinski definition) is 0. The zero-order chi connectivity index (χ0) is 16.7. The predicted octanol–water partition coefficient (Wildman–Crippen LogP) is 2.54. The second-order valence-electron chi connectivity index (χ2n) is 6.49. The molecule has 2 aromatic heterocycles. The van der Waals surface area contributed by atoms with Crippen molar-refractivity contribution in [3.05, 3.63) is 39.9 Å². The SMILES string of the molecule is Cc1nc([C@H]2C[C@@H]3CCN(C(=O)c4ccncn4)C[C@H]3O2)sc1C. The maximum absolute atomic E-state index is 12.6. The van der Waals surface area contributed by atoms with E-state index in [1.807, 2.05) is 11.8 Å². The highest BCUT2D eigenvalue weighted by Gasteiger charge is 2.42. The summed E-state index contributed by atoms with van der Waals surface area (Å²) in [6, 6.07) is 1.66. The van der Waals surface area contributed by atoms with Gasteiger partial charge in [0.2, 0.25) is 0 Å². The molecule has 2 saturated heterocycles. The molecule has 2 aliphatic rings. The van der Waals surface area contributed by atoms with Crippen molar-refractivity contribution in [1.82, 2.24) is 19.9 Å². The van der Waals surface area contributed by atoms with Crippen LogP contribution in [0.4, 0.5) is 0 Å². The van der Waals surface area contributed by atoms with Gasteiger partial charge in [-0.2, -0.15) is 0 Å². The maximum atomic E-state index is 12.6. The maximum Gasteiger partial charge on any atom is 0.272 e. The number of piperidine rings is 1. The lowest BCUT2D eigenvalue weighted by Gasteiger charge is -2.33. The molecule has 0 N–H and O–H groups in total. The van der Waals surface area contributed by atoms with Crippen LogP contribution in [0, 0.1) is 19.8 Å². The average molecular weight is 344 g/mol. The minimum atomic E-state index is -0.0381. The molecule has 0 aliphatic carbocycles. The lowest BCUT2D eigenvalue weighted by molar-refractivity contribution is -0.00467. The first-order valence-corrected chi connectivity index (χ1v) is 9.08. The smallest absolute Gasteiger partial charge is 0.272 e. The summed E-state index contributed by atoms with van der Waals surface area (Å²) in [4.78, 5) is 28.2. The largest absolute Gasteiger partial charge is 0.366 e. The van der Waals surface area contributed by atoms with Crippen LogP contribution in [-0.4, -0.2) is 45.0 Å². The number of likely N-dealkylation sites (tertiary alicyclic amines) is 1. The molecule has 0 spiro atoms. The third-order valence-corrected chi connectivity index (χ3v) is 6.13. The molecule has 6 nitrogen and oxygen atoms in total.